The van der Waals surface area contributed by atoms with Crippen molar-refractivity contribution in [2.24, 2.45) is 5.92 Å². The highest BCUT2D eigenvalue weighted by Crippen LogP contribution is 2.48. The van der Waals surface area contributed by atoms with Crippen molar-refractivity contribution in [1.82, 2.24) is 15.3 Å². The molecule has 2 fully saturated rings. The van der Waals surface area contributed by atoms with Gasteiger partial charge in [-0.25, -0.2) is 4.98 Å². The van der Waals surface area contributed by atoms with Gasteiger partial charge >= 0.3 is 0 Å². The number of hydrogen-bond donors (Lipinski definition) is 2. The number of ketones is 1. The Bertz CT molecular complexity index is 1030. The van der Waals surface area contributed by atoms with Crippen LogP contribution in [0.1, 0.15) is 42.1 Å². The smallest absolute Gasteiger partial charge is 0.224 e. The molecular formula is C23H23N3O2. The first kappa shape index (κ1) is 17.2. The number of benzene rings is 2. The summed E-state index contributed by atoms with van der Waals surface area (Å²) in [6, 6.07) is 15.9. The molecule has 2 atom stereocenters. The first-order valence-electron chi connectivity index (χ1n) is 9.90. The molecule has 5 nitrogen and oxygen atoms in total. The molecule has 0 unspecified atom stereocenters. The number of Topliss-reactive ketones (excluding diaryl/α,β-unsaturated/α-hetero) is 1. The van der Waals surface area contributed by atoms with E-state index in [1.54, 1.807) is 0 Å². The van der Waals surface area contributed by atoms with Gasteiger partial charge in [-0.1, -0.05) is 42.0 Å². The highest BCUT2D eigenvalue weighted by Gasteiger charge is 2.54. The van der Waals surface area contributed by atoms with E-state index in [-0.39, 0.29) is 23.5 Å². The zero-order chi connectivity index (χ0) is 19.3. The summed E-state index contributed by atoms with van der Waals surface area (Å²) in [5.74, 6) is 1.00. The fourth-order valence-corrected chi connectivity index (χ4v) is 3.92. The fraction of sp³-hybridized carbons (Fsp3) is 0.348. The minimum Gasteiger partial charge on any atom is -0.343 e. The molecule has 2 aliphatic rings. The lowest BCUT2D eigenvalue weighted by Gasteiger charge is -2.16. The van der Waals surface area contributed by atoms with Gasteiger partial charge in [0.1, 0.15) is 5.82 Å². The van der Waals surface area contributed by atoms with Crippen LogP contribution >= 0.6 is 0 Å². The van der Waals surface area contributed by atoms with Crippen molar-refractivity contribution in [3.8, 4) is 0 Å². The number of fused-ring (bicyclic) bond motifs is 1. The van der Waals surface area contributed by atoms with Crippen LogP contribution in [0, 0.1) is 12.8 Å². The number of hydrogen-bond acceptors (Lipinski definition) is 3. The number of para-hydroxylation sites is 2. The van der Waals surface area contributed by atoms with E-state index < -0.39 is 5.54 Å². The van der Waals surface area contributed by atoms with Crippen LogP contribution in [0.25, 0.3) is 11.0 Å². The standard InChI is InChI=1S/C23H23N3O2/c1-14-6-8-15(9-7-14)12-20(27)23(10-11-23)26-22(28)17-13-16(17)21-24-18-4-2-3-5-19(18)25-21/h2-9,16-17H,10-13H2,1H3,(H,24,25)(H,26,28)/t16-,17-/m0/s1. The fourth-order valence-electron chi connectivity index (χ4n) is 3.92. The number of amides is 1. The zero-order valence-electron chi connectivity index (χ0n) is 15.9. The number of aromatic amines is 1. The van der Waals surface area contributed by atoms with E-state index in [4.69, 9.17) is 0 Å². The molecule has 0 radical (unpaired) electrons. The van der Waals surface area contributed by atoms with Crippen molar-refractivity contribution in [3.63, 3.8) is 0 Å². The predicted octanol–water partition coefficient (Wildman–Crippen LogP) is 3.44. The summed E-state index contributed by atoms with van der Waals surface area (Å²) in [5.41, 5.74) is 3.45. The third-order valence-electron chi connectivity index (χ3n) is 6.02. The third-order valence-corrected chi connectivity index (χ3v) is 6.02. The summed E-state index contributed by atoms with van der Waals surface area (Å²) >= 11 is 0. The topological polar surface area (TPSA) is 74.8 Å². The van der Waals surface area contributed by atoms with Gasteiger partial charge in [-0.2, -0.15) is 0 Å². The number of H-pyrrole nitrogens is 1. The molecule has 2 saturated carbocycles. The molecule has 2 aliphatic carbocycles. The average molecular weight is 373 g/mol. The largest absolute Gasteiger partial charge is 0.343 e. The maximum Gasteiger partial charge on any atom is 0.224 e. The normalized spacial score (nSPS) is 22.0. The molecule has 1 aromatic heterocycles. The van der Waals surface area contributed by atoms with Gasteiger partial charge in [0, 0.05) is 18.3 Å². The second-order valence-electron chi connectivity index (χ2n) is 8.24. The maximum absolute atomic E-state index is 12.8. The number of imidazole rings is 1. The SMILES string of the molecule is Cc1ccc(CC(=O)C2(NC(=O)[C@H]3C[C@@H]3c3nc4ccccc4[nH]3)CC2)cc1. The maximum atomic E-state index is 12.8. The molecule has 0 bridgehead atoms. The molecule has 142 valence electrons. The molecule has 0 saturated heterocycles. The number of carbonyl (C=O) groups is 2. The van der Waals surface area contributed by atoms with Crippen molar-refractivity contribution >= 4 is 22.7 Å². The van der Waals surface area contributed by atoms with E-state index in [0.29, 0.717) is 6.42 Å². The van der Waals surface area contributed by atoms with Crippen LogP contribution in [0.15, 0.2) is 48.5 Å². The Morgan fingerprint density at radius 3 is 2.61 bits per heavy atom. The summed E-state index contributed by atoms with van der Waals surface area (Å²) in [7, 11) is 0. The van der Waals surface area contributed by atoms with Crippen molar-refractivity contribution in [2.45, 2.75) is 44.1 Å². The highest BCUT2D eigenvalue weighted by molar-refractivity contribution is 5.97. The molecule has 5 rings (SSSR count). The van der Waals surface area contributed by atoms with Gasteiger partial charge in [0.15, 0.2) is 5.78 Å². The van der Waals surface area contributed by atoms with Gasteiger partial charge in [0.05, 0.1) is 16.6 Å². The summed E-state index contributed by atoms with van der Waals surface area (Å²) in [5, 5.41) is 3.06. The molecule has 2 N–H and O–H groups in total. The van der Waals surface area contributed by atoms with Crippen LogP contribution in [0.5, 0.6) is 0 Å². The van der Waals surface area contributed by atoms with Crippen molar-refractivity contribution in [3.05, 3.63) is 65.5 Å². The first-order chi connectivity index (χ1) is 13.5. The van der Waals surface area contributed by atoms with Crippen molar-refractivity contribution in [1.29, 1.82) is 0 Å². The molecule has 5 heteroatoms. The average Bonchev–Trinajstić information content (AvgIpc) is 3.60. The van der Waals surface area contributed by atoms with Crippen molar-refractivity contribution in [2.75, 3.05) is 0 Å². The lowest BCUT2D eigenvalue weighted by Crippen LogP contribution is -2.44. The summed E-state index contributed by atoms with van der Waals surface area (Å²) in [6.07, 6.45) is 2.64. The minimum absolute atomic E-state index is 0.0137. The summed E-state index contributed by atoms with van der Waals surface area (Å²) in [6.45, 7) is 2.03. The predicted molar refractivity (Wildman–Crippen MR) is 107 cm³/mol. The van der Waals surface area contributed by atoms with Crippen LogP contribution in [0.3, 0.4) is 0 Å². The van der Waals surface area contributed by atoms with E-state index in [9.17, 15) is 9.59 Å². The number of aromatic nitrogens is 2. The Balaban J connectivity index is 1.23. The Labute approximate surface area is 163 Å². The quantitative estimate of drug-likeness (QED) is 0.695. The lowest BCUT2D eigenvalue weighted by molar-refractivity contribution is -0.129. The van der Waals surface area contributed by atoms with Gasteiger partial charge in [-0.15, -0.1) is 0 Å². The first-order valence-corrected chi connectivity index (χ1v) is 9.90. The number of aryl methyl sites for hydroxylation is 1. The van der Waals surface area contributed by atoms with Crippen LogP contribution in [0.2, 0.25) is 0 Å². The molecule has 1 amide bonds. The lowest BCUT2D eigenvalue weighted by atomic mass is 10.0. The summed E-state index contributed by atoms with van der Waals surface area (Å²) in [4.78, 5) is 33.5. The number of carbonyl (C=O) groups excluding carboxylic acids is 2. The Kier molecular flexibility index (Phi) is 3.86. The van der Waals surface area contributed by atoms with Crippen LogP contribution < -0.4 is 5.32 Å². The van der Waals surface area contributed by atoms with Gasteiger partial charge in [-0.05, 0) is 43.9 Å². The minimum atomic E-state index is -0.650. The second-order valence-corrected chi connectivity index (χ2v) is 8.24. The summed E-state index contributed by atoms with van der Waals surface area (Å²) < 4.78 is 0. The number of nitrogens with zero attached hydrogens (tertiary/aromatic N) is 1. The van der Waals surface area contributed by atoms with Crippen molar-refractivity contribution < 1.29 is 9.59 Å². The molecule has 3 aromatic rings. The molecular weight excluding hydrogens is 350 g/mol. The number of rotatable bonds is 6. The van der Waals surface area contributed by atoms with Crippen LogP contribution in [-0.2, 0) is 16.0 Å². The zero-order valence-corrected chi connectivity index (χ0v) is 15.9. The molecule has 1 heterocycles. The Morgan fingerprint density at radius 2 is 1.89 bits per heavy atom. The molecule has 2 aromatic carbocycles. The van der Waals surface area contributed by atoms with E-state index in [1.165, 1.54) is 5.56 Å². The van der Waals surface area contributed by atoms with Gasteiger partial charge in [-0.3, -0.25) is 9.59 Å². The van der Waals surface area contributed by atoms with E-state index in [0.717, 1.165) is 41.7 Å². The highest BCUT2D eigenvalue weighted by atomic mass is 16.2. The van der Waals surface area contributed by atoms with E-state index in [2.05, 4.69) is 15.3 Å². The van der Waals surface area contributed by atoms with Gasteiger partial charge < -0.3 is 10.3 Å². The third kappa shape index (κ3) is 3.11. The van der Waals surface area contributed by atoms with Gasteiger partial charge in [0.25, 0.3) is 0 Å². The van der Waals surface area contributed by atoms with E-state index >= 15 is 0 Å². The van der Waals surface area contributed by atoms with Crippen LogP contribution in [-0.4, -0.2) is 27.2 Å². The molecule has 0 aliphatic heterocycles. The van der Waals surface area contributed by atoms with Gasteiger partial charge in [0.2, 0.25) is 5.91 Å². The second kappa shape index (κ2) is 6.30. The number of nitrogens with one attached hydrogen (secondary N) is 2. The Hall–Kier alpha value is -2.95. The van der Waals surface area contributed by atoms with E-state index in [1.807, 2.05) is 55.5 Å². The molecule has 0 spiro atoms. The Morgan fingerprint density at radius 1 is 1.14 bits per heavy atom. The molecule has 28 heavy (non-hydrogen) atoms. The monoisotopic (exact) mass is 373 g/mol. The van der Waals surface area contributed by atoms with Crippen LogP contribution in [0.4, 0.5) is 0 Å².